The third kappa shape index (κ3) is 1.06. The number of benzene rings is 2. The molecule has 0 N–H and O–H groups in total. The van der Waals surface area contributed by atoms with Crippen molar-refractivity contribution < 1.29 is 0 Å². The number of rotatable bonds is 0. The Kier molecular flexibility index (Phi) is 1.50. The second-order valence-electron chi connectivity index (χ2n) is 3.46. The van der Waals surface area contributed by atoms with Crippen LogP contribution in [0.1, 0.15) is 11.1 Å². The number of allylic oxidation sites excluding steroid dienone is 2. The minimum absolute atomic E-state index is 1.19. The zero-order valence-electron chi connectivity index (χ0n) is 7.70. The number of hydrogen-bond donors (Lipinski definition) is 0. The van der Waals surface area contributed by atoms with Crippen LogP contribution in [-0.4, -0.2) is 0 Å². The molecule has 0 radical (unpaired) electrons. The van der Waals surface area contributed by atoms with Crippen LogP contribution in [0.4, 0.5) is 0 Å². The molecule has 0 saturated carbocycles. The highest BCUT2D eigenvalue weighted by Gasteiger charge is 2.10. The maximum absolute atomic E-state index is 3.24. The summed E-state index contributed by atoms with van der Waals surface area (Å²) in [4.78, 5) is 0. The topological polar surface area (TPSA) is 0 Å². The first-order valence-electron chi connectivity index (χ1n) is 4.73. The van der Waals surface area contributed by atoms with E-state index < -0.39 is 0 Å². The summed E-state index contributed by atoms with van der Waals surface area (Å²) in [6.45, 7) is 0. The van der Waals surface area contributed by atoms with Gasteiger partial charge in [0.2, 0.25) is 0 Å². The summed E-state index contributed by atoms with van der Waals surface area (Å²) < 4.78 is 0. The average Bonchev–Trinajstić information content (AvgIpc) is 2.26. The Morgan fingerprint density at radius 1 is 0.929 bits per heavy atom. The third-order valence-corrected chi connectivity index (χ3v) is 2.53. The van der Waals surface area contributed by atoms with E-state index in [2.05, 4.69) is 48.6 Å². The van der Waals surface area contributed by atoms with Gasteiger partial charge in [0.05, 0.1) is 11.6 Å². The van der Waals surface area contributed by atoms with Crippen LogP contribution in [0.3, 0.4) is 0 Å². The highest BCUT2D eigenvalue weighted by Crippen LogP contribution is 2.23. The van der Waals surface area contributed by atoms with E-state index in [1.807, 2.05) is 12.2 Å². The van der Waals surface area contributed by atoms with E-state index in [4.69, 9.17) is 0 Å². The van der Waals surface area contributed by atoms with E-state index in [-0.39, 0.29) is 0 Å². The van der Waals surface area contributed by atoms with Gasteiger partial charge in [-0.1, -0.05) is 18.2 Å². The fourth-order valence-electron chi connectivity index (χ4n) is 1.81. The second-order valence-corrected chi connectivity index (χ2v) is 3.46. The predicted molar refractivity (Wildman–Crippen MR) is 59.9 cm³/mol. The third-order valence-electron chi connectivity index (χ3n) is 2.53. The summed E-state index contributed by atoms with van der Waals surface area (Å²) in [6.07, 6.45) is 9.35. The summed E-state index contributed by atoms with van der Waals surface area (Å²) in [7, 11) is 0. The van der Waals surface area contributed by atoms with Crippen LogP contribution in [0.25, 0.3) is 16.8 Å². The molecule has 0 atom stereocenters. The SMILES string of the molecule is [C+]1=CC=Cc2cc3ccccc3cc21. The maximum atomic E-state index is 3.24. The zero-order chi connectivity index (χ0) is 9.38. The number of fused-ring (bicyclic) bond motifs is 2. The molecule has 64 valence electrons. The molecule has 3 rings (SSSR count). The lowest BCUT2D eigenvalue weighted by Crippen LogP contribution is -1.86. The molecule has 0 heterocycles. The van der Waals surface area contributed by atoms with Crippen molar-refractivity contribution >= 4 is 16.8 Å². The van der Waals surface area contributed by atoms with E-state index in [9.17, 15) is 0 Å². The van der Waals surface area contributed by atoms with E-state index in [0.29, 0.717) is 0 Å². The van der Waals surface area contributed by atoms with Crippen molar-refractivity contribution in [2.45, 2.75) is 0 Å². The summed E-state index contributed by atoms with van der Waals surface area (Å²) in [5.74, 6) is 0. The highest BCUT2D eigenvalue weighted by molar-refractivity contribution is 5.87. The lowest BCUT2D eigenvalue weighted by Gasteiger charge is -1.99. The van der Waals surface area contributed by atoms with Gasteiger partial charge in [-0.2, -0.15) is 0 Å². The van der Waals surface area contributed by atoms with Gasteiger partial charge in [0.15, 0.2) is 5.56 Å². The summed E-state index contributed by atoms with van der Waals surface area (Å²) in [5.41, 5.74) is 2.44. The normalized spacial score (nSPS) is 12.6. The van der Waals surface area contributed by atoms with E-state index in [1.165, 1.54) is 21.9 Å². The quantitative estimate of drug-likeness (QED) is 0.539. The van der Waals surface area contributed by atoms with E-state index in [1.54, 1.807) is 0 Å². The first-order chi connectivity index (χ1) is 6.93. The molecule has 2 aromatic rings. The lowest BCUT2D eigenvalue weighted by atomic mass is 9.98. The smallest absolute Gasteiger partial charge is 0.0615 e. The molecule has 0 fully saturated rings. The van der Waals surface area contributed by atoms with Gasteiger partial charge in [-0.05, 0) is 12.1 Å². The molecule has 14 heavy (non-hydrogen) atoms. The molecule has 0 spiro atoms. The molecular formula is C14H9+. The van der Waals surface area contributed by atoms with E-state index in [0.717, 1.165) is 0 Å². The predicted octanol–water partition coefficient (Wildman–Crippen LogP) is 3.57. The summed E-state index contributed by atoms with van der Waals surface area (Å²) in [5, 5.41) is 2.57. The molecule has 0 saturated heterocycles. The molecule has 2 aromatic carbocycles. The van der Waals surface area contributed by atoms with Gasteiger partial charge in [0, 0.05) is 35.1 Å². The van der Waals surface area contributed by atoms with Crippen LogP contribution in [-0.2, 0) is 0 Å². The molecule has 0 unspecified atom stereocenters. The first kappa shape index (κ1) is 7.49. The van der Waals surface area contributed by atoms with Gasteiger partial charge in [0.1, 0.15) is 0 Å². The molecule has 1 aliphatic rings. The van der Waals surface area contributed by atoms with Crippen molar-refractivity contribution in [3.63, 3.8) is 0 Å². The van der Waals surface area contributed by atoms with Crippen LogP contribution >= 0.6 is 0 Å². The van der Waals surface area contributed by atoms with Gasteiger partial charge < -0.3 is 0 Å². The molecule has 0 heteroatoms. The largest absolute Gasteiger partial charge is 0.155 e. The Balaban J connectivity index is 2.40. The molecule has 0 aromatic heterocycles. The molecule has 1 aliphatic carbocycles. The standard InChI is InChI=1S/C14H9/c1-2-6-12-10-14-8-4-3-7-13(14)9-11(12)5-1/h1-7,9-10H/q+1. The van der Waals surface area contributed by atoms with Crippen molar-refractivity contribution in [1.29, 1.82) is 0 Å². The molecular weight excluding hydrogens is 168 g/mol. The lowest BCUT2D eigenvalue weighted by molar-refractivity contribution is 1.54. The van der Waals surface area contributed by atoms with Crippen molar-refractivity contribution in [2.24, 2.45) is 0 Å². The second kappa shape index (κ2) is 2.80. The number of hydrogen-bond acceptors (Lipinski definition) is 0. The van der Waals surface area contributed by atoms with Crippen LogP contribution in [0, 0.1) is 6.08 Å². The Bertz CT molecular complexity index is 494. The van der Waals surface area contributed by atoms with Crippen LogP contribution in [0.5, 0.6) is 0 Å². The summed E-state index contributed by atoms with van der Waals surface area (Å²) in [6, 6.07) is 12.8. The average molecular weight is 177 g/mol. The Morgan fingerprint density at radius 2 is 1.71 bits per heavy atom. The van der Waals surface area contributed by atoms with Crippen LogP contribution in [0.2, 0.25) is 0 Å². The van der Waals surface area contributed by atoms with Crippen molar-refractivity contribution in [3.8, 4) is 0 Å². The Morgan fingerprint density at radius 3 is 2.57 bits per heavy atom. The van der Waals surface area contributed by atoms with Crippen molar-refractivity contribution in [2.75, 3.05) is 0 Å². The van der Waals surface area contributed by atoms with Crippen molar-refractivity contribution in [3.05, 3.63) is 65.8 Å². The minimum atomic E-state index is 1.19. The van der Waals surface area contributed by atoms with Crippen LogP contribution < -0.4 is 0 Å². The zero-order valence-corrected chi connectivity index (χ0v) is 7.70. The monoisotopic (exact) mass is 177 g/mol. The fourth-order valence-corrected chi connectivity index (χ4v) is 1.81. The van der Waals surface area contributed by atoms with Gasteiger partial charge in [-0.25, -0.2) is 0 Å². The minimum Gasteiger partial charge on any atom is -0.0615 e. The van der Waals surface area contributed by atoms with Gasteiger partial charge in [-0.3, -0.25) is 0 Å². The Hall–Kier alpha value is -1.91. The first-order valence-corrected chi connectivity index (χ1v) is 4.73. The Labute approximate surface area is 83.2 Å². The van der Waals surface area contributed by atoms with Gasteiger partial charge in [-0.15, -0.1) is 0 Å². The molecule has 0 bridgehead atoms. The molecule has 0 amide bonds. The van der Waals surface area contributed by atoms with Crippen LogP contribution in [0.15, 0.2) is 48.6 Å². The summed E-state index contributed by atoms with van der Waals surface area (Å²) >= 11 is 0. The van der Waals surface area contributed by atoms with E-state index >= 15 is 0 Å². The van der Waals surface area contributed by atoms with Crippen molar-refractivity contribution in [1.82, 2.24) is 0 Å². The maximum Gasteiger partial charge on any atom is 0.155 e. The molecule has 0 nitrogen and oxygen atoms in total. The van der Waals surface area contributed by atoms with Gasteiger partial charge >= 0.3 is 0 Å². The fraction of sp³-hybridized carbons (Fsp3) is 0. The molecule has 0 aliphatic heterocycles. The highest BCUT2D eigenvalue weighted by atomic mass is 14.1. The van der Waals surface area contributed by atoms with Gasteiger partial charge in [0.25, 0.3) is 0 Å².